The van der Waals surface area contributed by atoms with E-state index in [1.54, 1.807) is 0 Å². The molecule has 5 aliphatic rings. The molecule has 0 heterocycles. The van der Waals surface area contributed by atoms with Gasteiger partial charge in [-0.2, -0.15) is 21.6 Å². The summed E-state index contributed by atoms with van der Waals surface area (Å²) in [6, 6.07) is 0. The third-order valence-electron chi connectivity index (χ3n) is 8.69. The van der Waals surface area contributed by atoms with Crippen molar-refractivity contribution < 1.29 is 30.2 Å². The Balaban J connectivity index is 1.42. The zero-order valence-corrected chi connectivity index (χ0v) is 18.3. The van der Waals surface area contributed by atoms with Crippen molar-refractivity contribution in [2.75, 3.05) is 0 Å². The van der Waals surface area contributed by atoms with Crippen LogP contribution in [0.15, 0.2) is 11.9 Å². The third-order valence-corrected chi connectivity index (χ3v) is 9.81. The van der Waals surface area contributed by atoms with E-state index in [0.29, 0.717) is 18.8 Å². The normalized spacial score (nSPS) is 42.8. The van der Waals surface area contributed by atoms with Gasteiger partial charge >= 0.3 is 15.6 Å². The van der Waals surface area contributed by atoms with E-state index in [-0.39, 0.29) is 18.8 Å². The molecule has 0 unspecified atom stereocenters. The summed E-state index contributed by atoms with van der Waals surface area (Å²) >= 11 is 0. The number of fused-ring (bicyclic) bond motifs is 2. The van der Waals surface area contributed by atoms with Crippen molar-refractivity contribution in [3.63, 3.8) is 0 Å². The van der Waals surface area contributed by atoms with Gasteiger partial charge in [-0.05, 0) is 94.0 Å². The number of allylic oxidation sites excluding steroid dienone is 1. The first kappa shape index (κ1) is 22.6. The maximum Gasteiger partial charge on any atom is 0.523 e. The quantitative estimate of drug-likeness (QED) is 0.272. The van der Waals surface area contributed by atoms with E-state index < -0.39 is 32.5 Å². The van der Waals surface area contributed by atoms with Crippen LogP contribution in [0.1, 0.15) is 84.0 Å². The zero-order valence-electron chi connectivity index (χ0n) is 17.5. The molecule has 0 aromatic heterocycles. The molecule has 0 spiro atoms. The molecule has 0 radical (unpaired) electrons. The molecule has 0 aromatic rings. The Labute approximate surface area is 176 Å². The van der Waals surface area contributed by atoms with E-state index in [4.69, 9.17) is 0 Å². The Hall–Kier alpha value is -0.630. The molecule has 30 heavy (non-hydrogen) atoms. The molecule has 0 saturated heterocycles. The highest BCUT2D eigenvalue weighted by Crippen LogP contribution is 2.61. The Morgan fingerprint density at radius 3 is 1.87 bits per heavy atom. The molecular formula is C22H32F4O3S. The number of hydrogen-bond acceptors (Lipinski definition) is 3. The minimum atomic E-state index is -5.75. The fourth-order valence-electron chi connectivity index (χ4n) is 6.75. The first-order chi connectivity index (χ1) is 14.0. The number of hydrogen-bond donors (Lipinski definition) is 0. The highest BCUT2D eigenvalue weighted by Gasteiger charge is 2.59. The summed E-state index contributed by atoms with van der Waals surface area (Å²) in [5.41, 5.74) is -7.82. The minimum Gasteiger partial charge on any atom is -0.252 e. The maximum atomic E-state index is 15.2. The minimum absolute atomic E-state index is 0.121. The van der Waals surface area contributed by atoms with Crippen LogP contribution in [0.5, 0.6) is 0 Å². The lowest BCUT2D eigenvalue weighted by Crippen LogP contribution is -2.51. The van der Waals surface area contributed by atoms with E-state index >= 15 is 4.39 Å². The van der Waals surface area contributed by atoms with Gasteiger partial charge in [0, 0.05) is 5.41 Å². The molecule has 0 aliphatic heterocycles. The molecule has 0 atom stereocenters. The van der Waals surface area contributed by atoms with Gasteiger partial charge in [-0.3, -0.25) is 4.18 Å². The molecule has 3 saturated carbocycles. The molecular weight excluding hydrogens is 420 g/mol. The molecule has 0 N–H and O–H groups in total. The van der Waals surface area contributed by atoms with Gasteiger partial charge in [0.25, 0.3) is 0 Å². The first-order valence-corrected chi connectivity index (χ1v) is 12.8. The average Bonchev–Trinajstić information content (AvgIpc) is 2.68. The van der Waals surface area contributed by atoms with Gasteiger partial charge in [0.2, 0.25) is 0 Å². The van der Waals surface area contributed by atoms with Gasteiger partial charge in [0.1, 0.15) is 11.4 Å². The fourth-order valence-corrected chi connectivity index (χ4v) is 7.50. The van der Waals surface area contributed by atoms with Crippen LogP contribution in [0.25, 0.3) is 0 Å². The van der Waals surface area contributed by atoms with Crippen molar-refractivity contribution in [3.8, 4) is 0 Å². The Kier molecular flexibility index (Phi) is 5.83. The van der Waals surface area contributed by atoms with Gasteiger partial charge in [0.05, 0.1) is 0 Å². The second-order valence-electron chi connectivity index (χ2n) is 10.3. The molecule has 172 valence electrons. The van der Waals surface area contributed by atoms with E-state index in [9.17, 15) is 21.6 Å². The van der Waals surface area contributed by atoms with E-state index in [0.717, 1.165) is 43.6 Å². The molecule has 8 heteroatoms. The standard InChI is InChI=1S/C22H32F4O3S/c1-15-2-4-16(5-3-15)17-6-8-18(9-7-17)21-12-10-20(11-13-21,14-19(21)23)29-30(27,28)22(24,25)26/h14-18H,2-13H2,1H3. The van der Waals surface area contributed by atoms with Gasteiger partial charge < -0.3 is 0 Å². The molecule has 0 aromatic carbocycles. The monoisotopic (exact) mass is 452 g/mol. The van der Waals surface area contributed by atoms with E-state index in [2.05, 4.69) is 11.1 Å². The first-order valence-electron chi connectivity index (χ1n) is 11.4. The average molecular weight is 453 g/mol. The molecule has 3 fully saturated rings. The van der Waals surface area contributed by atoms with Gasteiger partial charge in [-0.25, -0.2) is 4.39 Å². The maximum absolute atomic E-state index is 15.2. The van der Waals surface area contributed by atoms with Crippen molar-refractivity contribution in [3.05, 3.63) is 11.9 Å². The highest BCUT2D eigenvalue weighted by atomic mass is 32.2. The van der Waals surface area contributed by atoms with Crippen LogP contribution in [0.3, 0.4) is 0 Å². The second-order valence-corrected chi connectivity index (χ2v) is 11.9. The van der Waals surface area contributed by atoms with Crippen LogP contribution in [0, 0.1) is 29.1 Å². The van der Waals surface area contributed by atoms with Crippen LogP contribution < -0.4 is 0 Å². The largest absolute Gasteiger partial charge is 0.523 e. The Morgan fingerprint density at radius 1 is 0.900 bits per heavy atom. The summed E-state index contributed by atoms with van der Waals surface area (Å²) in [6.45, 7) is 2.32. The number of halogens is 4. The number of alkyl halides is 3. The van der Waals surface area contributed by atoms with Crippen LogP contribution in [-0.4, -0.2) is 19.5 Å². The molecule has 3 nitrogen and oxygen atoms in total. The summed E-state index contributed by atoms with van der Waals surface area (Å²) in [7, 11) is -5.75. The summed E-state index contributed by atoms with van der Waals surface area (Å²) < 4.78 is 81.1. The highest BCUT2D eigenvalue weighted by molar-refractivity contribution is 7.87. The summed E-state index contributed by atoms with van der Waals surface area (Å²) in [5.74, 6) is 2.05. The summed E-state index contributed by atoms with van der Waals surface area (Å²) in [4.78, 5) is 0. The predicted molar refractivity (Wildman–Crippen MR) is 105 cm³/mol. The third kappa shape index (κ3) is 3.96. The van der Waals surface area contributed by atoms with E-state index in [1.807, 2.05) is 0 Å². The van der Waals surface area contributed by atoms with Gasteiger partial charge in [-0.15, -0.1) is 0 Å². The van der Waals surface area contributed by atoms with Crippen LogP contribution in [0.4, 0.5) is 17.6 Å². The van der Waals surface area contributed by atoms with E-state index in [1.165, 1.54) is 25.7 Å². The van der Waals surface area contributed by atoms with Gasteiger partial charge in [-0.1, -0.05) is 19.8 Å². The summed E-state index contributed by atoms with van der Waals surface area (Å²) in [5, 5.41) is 0. The SMILES string of the molecule is CC1CCC(C2CCC(C34CCC(OS(=O)(=O)C(F)(F)F)(C=C3F)CC4)CC2)CC1. The van der Waals surface area contributed by atoms with Crippen LogP contribution in [0.2, 0.25) is 0 Å². The van der Waals surface area contributed by atoms with Crippen molar-refractivity contribution in [2.24, 2.45) is 29.1 Å². The smallest absolute Gasteiger partial charge is 0.252 e. The van der Waals surface area contributed by atoms with Gasteiger partial charge in [0.15, 0.2) is 0 Å². The summed E-state index contributed by atoms with van der Waals surface area (Å²) in [6.07, 6.45) is 11.3. The van der Waals surface area contributed by atoms with Crippen molar-refractivity contribution in [1.82, 2.24) is 0 Å². The van der Waals surface area contributed by atoms with Crippen molar-refractivity contribution in [2.45, 2.75) is 95.1 Å². The Morgan fingerprint density at radius 2 is 1.40 bits per heavy atom. The lowest BCUT2D eigenvalue weighted by molar-refractivity contribution is -0.0772. The number of rotatable bonds is 4. The van der Waals surface area contributed by atoms with Crippen LogP contribution in [-0.2, 0) is 14.3 Å². The molecule has 2 bridgehead atoms. The topological polar surface area (TPSA) is 43.4 Å². The predicted octanol–water partition coefficient (Wildman–Crippen LogP) is 6.65. The zero-order chi connectivity index (χ0) is 21.8. The lowest BCUT2D eigenvalue weighted by atomic mass is 9.53. The Bertz CT molecular complexity index is 765. The lowest BCUT2D eigenvalue weighted by Gasteiger charge is -2.54. The fraction of sp³-hybridized carbons (Fsp3) is 0.909. The van der Waals surface area contributed by atoms with Crippen molar-refractivity contribution in [1.29, 1.82) is 0 Å². The molecule has 5 aliphatic carbocycles. The molecule has 5 rings (SSSR count). The van der Waals surface area contributed by atoms with Crippen molar-refractivity contribution >= 4 is 10.1 Å². The second kappa shape index (κ2) is 7.75. The molecule has 0 amide bonds. The van der Waals surface area contributed by atoms with Crippen LogP contribution >= 0.6 is 0 Å².